The first kappa shape index (κ1) is 14.8. The lowest BCUT2D eigenvalue weighted by Gasteiger charge is -2.40. The van der Waals surface area contributed by atoms with Crippen molar-refractivity contribution in [3.8, 4) is 0 Å². The molecule has 0 bridgehead atoms. The van der Waals surface area contributed by atoms with Gasteiger partial charge in [0.05, 0.1) is 0 Å². The molecule has 1 saturated carbocycles. The highest BCUT2D eigenvalue weighted by atomic mass is 16.4. The summed E-state index contributed by atoms with van der Waals surface area (Å²) in [5, 5.41) is 13.2. The quantitative estimate of drug-likeness (QED) is 0.773. The number of hydrogen-bond acceptors (Lipinski definition) is 3. The van der Waals surface area contributed by atoms with Crippen LogP contribution in [0.3, 0.4) is 0 Å². The average molecular weight is 268 g/mol. The summed E-state index contributed by atoms with van der Waals surface area (Å²) in [6.45, 7) is 9.10. The Morgan fingerprint density at radius 2 is 2.11 bits per heavy atom. The van der Waals surface area contributed by atoms with Crippen LogP contribution in [0.5, 0.6) is 0 Å². The Morgan fingerprint density at radius 1 is 1.42 bits per heavy atom. The summed E-state index contributed by atoms with van der Waals surface area (Å²) >= 11 is 0. The zero-order valence-electron chi connectivity index (χ0n) is 12.5. The fourth-order valence-electron chi connectivity index (χ4n) is 3.47. The Bertz CT molecular complexity index is 328. The first-order valence-corrected chi connectivity index (χ1v) is 7.67. The Labute approximate surface area is 116 Å². The second-order valence-corrected chi connectivity index (χ2v) is 6.83. The van der Waals surface area contributed by atoms with Gasteiger partial charge in [-0.3, -0.25) is 10.1 Å². The van der Waals surface area contributed by atoms with Crippen molar-refractivity contribution in [2.24, 2.45) is 11.8 Å². The van der Waals surface area contributed by atoms with E-state index in [1.54, 1.807) is 0 Å². The Morgan fingerprint density at radius 3 is 2.58 bits per heavy atom. The summed E-state index contributed by atoms with van der Waals surface area (Å²) in [4.78, 5) is 14.3. The Balaban J connectivity index is 2.09. The van der Waals surface area contributed by atoms with Crippen molar-refractivity contribution in [1.29, 1.82) is 0 Å². The van der Waals surface area contributed by atoms with E-state index in [-0.39, 0.29) is 6.04 Å². The smallest absolute Gasteiger partial charge is 0.325 e. The van der Waals surface area contributed by atoms with Crippen molar-refractivity contribution in [3.63, 3.8) is 0 Å². The molecule has 4 nitrogen and oxygen atoms in total. The second kappa shape index (κ2) is 5.80. The third-order valence-electron chi connectivity index (χ3n) is 4.42. The van der Waals surface area contributed by atoms with Crippen LogP contribution in [0, 0.1) is 11.8 Å². The summed E-state index contributed by atoms with van der Waals surface area (Å²) in [5.41, 5.74) is -0.731. The van der Waals surface area contributed by atoms with Crippen LogP contribution >= 0.6 is 0 Å². The minimum absolute atomic E-state index is 0.207. The zero-order valence-corrected chi connectivity index (χ0v) is 12.5. The average Bonchev–Trinajstić information content (AvgIpc) is 3.10. The Hall–Kier alpha value is -0.610. The summed E-state index contributed by atoms with van der Waals surface area (Å²) in [6.07, 6.45) is 4.58. The normalized spacial score (nSPS) is 28.3. The molecule has 19 heavy (non-hydrogen) atoms. The number of carboxylic acid groups (broad SMARTS) is 1. The molecule has 1 saturated heterocycles. The predicted octanol–water partition coefficient (Wildman–Crippen LogP) is 1.95. The van der Waals surface area contributed by atoms with Crippen molar-refractivity contribution in [3.05, 3.63) is 0 Å². The lowest BCUT2D eigenvalue weighted by molar-refractivity contribution is -0.147. The van der Waals surface area contributed by atoms with Gasteiger partial charge in [-0.15, -0.1) is 0 Å². The van der Waals surface area contributed by atoms with Gasteiger partial charge < -0.3 is 10.0 Å². The van der Waals surface area contributed by atoms with Crippen LogP contribution in [-0.4, -0.2) is 47.2 Å². The van der Waals surface area contributed by atoms with E-state index in [0.29, 0.717) is 18.4 Å². The summed E-state index contributed by atoms with van der Waals surface area (Å²) < 4.78 is 0. The van der Waals surface area contributed by atoms with Crippen molar-refractivity contribution < 1.29 is 9.90 Å². The molecule has 1 aliphatic carbocycles. The number of nitrogens with zero attached hydrogens (tertiary/aromatic N) is 1. The fourth-order valence-corrected chi connectivity index (χ4v) is 3.47. The maximum absolute atomic E-state index is 11.9. The van der Waals surface area contributed by atoms with Gasteiger partial charge in [0.15, 0.2) is 0 Å². The van der Waals surface area contributed by atoms with Gasteiger partial charge in [0.1, 0.15) is 5.54 Å². The number of rotatable bonds is 6. The first-order valence-electron chi connectivity index (χ1n) is 7.67. The molecular weight excluding hydrogens is 240 g/mol. The topological polar surface area (TPSA) is 52.6 Å². The largest absolute Gasteiger partial charge is 0.480 e. The fraction of sp³-hybridized carbons (Fsp3) is 0.933. The van der Waals surface area contributed by atoms with E-state index < -0.39 is 11.5 Å². The Kier molecular flexibility index (Phi) is 4.51. The molecule has 0 spiro atoms. The molecule has 2 unspecified atom stereocenters. The minimum Gasteiger partial charge on any atom is -0.480 e. The van der Waals surface area contributed by atoms with E-state index in [1.807, 2.05) is 13.8 Å². The molecular formula is C15H28N2O2. The molecule has 2 rings (SSSR count). The van der Waals surface area contributed by atoms with Crippen LogP contribution < -0.4 is 5.32 Å². The molecule has 2 atom stereocenters. The third kappa shape index (κ3) is 3.48. The van der Waals surface area contributed by atoms with E-state index in [2.05, 4.69) is 17.1 Å². The standard InChI is InChI=1S/C15H28N2O2/c1-11(2)16-15(14(18)19,13-6-7-13)10-17-8-4-5-12(3)9-17/h11-13,16H,4-10H2,1-3H3,(H,18,19). The lowest BCUT2D eigenvalue weighted by Crippen LogP contribution is -2.63. The van der Waals surface area contributed by atoms with E-state index >= 15 is 0 Å². The molecule has 2 N–H and O–H groups in total. The molecule has 2 fully saturated rings. The maximum Gasteiger partial charge on any atom is 0.325 e. The number of carboxylic acids is 1. The van der Waals surface area contributed by atoms with Gasteiger partial charge in [-0.05, 0) is 57.9 Å². The number of carbonyl (C=O) groups is 1. The zero-order chi connectivity index (χ0) is 14.0. The van der Waals surface area contributed by atoms with Gasteiger partial charge in [0.25, 0.3) is 0 Å². The van der Waals surface area contributed by atoms with Crippen LogP contribution in [0.4, 0.5) is 0 Å². The van der Waals surface area contributed by atoms with Crippen molar-refractivity contribution in [1.82, 2.24) is 10.2 Å². The first-order chi connectivity index (χ1) is 8.94. The van der Waals surface area contributed by atoms with Gasteiger partial charge in [0, 0.05) is 19.1 Å². The van der Waals surface area contributed by atoms with Gasteiger partial charge in [-0.25, -0.2) is 0 Å². The molecule has 1 heterocycles. The molecule has 0 aromatic heterocycles. The van der Waals surface area contributed by atoms with Crippen LogP contribution in [0.25, 0.3) is 0 Å². The molecule has 4 heteroatoms. The summed E-state index contributed by atoms with van der Waals surface area (Å²) in [7, 11) is 0. The molecule has 2 aliphatic rings. The molecule has 0 aromatic carbocycles. The van der Waals surface area contributed by atoms with E-state index in [1.165, 1.54) is 12.8 Å². The van der Waals surface area contributed by atoms with E-state index in [9.17, 15) is 9.90 Å². The number of hydrogen-bond donors (Lipinski definition) is 2. The van der Waals surface area contributed by atoms with Gasteiger partial charge in [-0.2, -0.15) is 0 Å². The van der Waals surface area contributed by atoms with Crippen LogP contribution in [-0.2, 0) is 4.79 Å². The van der Waals surface area contributed by atoms with Gasteiger partial charge >= 0.3 is 5.97 Å². The highest BCUT2D eigenvalue weighted by Crippen LogP contribution is 2.41. The minimum atomic E-state index is -0.731. The van der Waals surface area contributed by atoms with Crippen LogP contribution in [0.1, 0.15) is 46.5 Å². The van der Waals surface area contributed by atoms with Crippen LogP contribution in [0.15, 0.2) is 0 Å². The summed E-state index contributed by atoms with van der Waals surface area (Å²) in [5.74, 6) is 0.338. The lowest BCUT2D eigenvalue weighted by atomic mass is 9.89. The maximum atomic E-state index is 11.9. The monoisotopic (exact) mass is 268 g/mol. The molecule has 110 valence electrons. The molecule has 1 aliphatic heterocycles. The van der Waals surface area contributed by atoms with Gasteiger partial charge in [-0.1, -0.05) is 6.92 Å². The molecule has 0 amide bonds. The highest BCUT2D eigenvalue weighted by Gasteiger charge is 2.52. The van der Waals surface area contributed by atoms with E-state index in [0.717, 1.165) is 25.9 Å². The van der Waals surface area contributed by atoms with Crippen molar-refractivity contribution in [2.45, 2.75) is 58.0 Å². The third-order valence-corrected chi connectivity index (χ3v) is 4.42. The summed E-state index contributed by atoms with van der Waals surface area (Å²) in [6, 6.07) is 0.207. The number of likely N-dealkylation sites (tertiary alicyclic amines) is 1. The van der Waals surface area contributed by atoms with E-state index in [4.69, 9.17) is 0 Å². The number of aliphatic carboxylic acids is 1. The number of piperidine rings is 1. The van der Waals surface area contributed by atoms with Crippen LogP contribution in [0.2, 0.25) is 0 Å². The molecule has 0 aromatic rings. The van der Waals surface area contributed by atoms with Crippen molar-refractivity contribution in [2.75, 3.05) is 19.6 Å². The van der Waals surface area contributed by atoms with Crippen molar-refractivity contribution >= 4 is 5.97 Å². The highest BCUT2D eigenvalue weighted by molar-refractivity contribution is 5.80. The molecule has 0 radical (unpaired) electrons. The second-order valence-electron chi connectivity index (χ2n) is 6.83. The van der Waals surface area contributed by atoms with Gasteiger partial charge in [0.2, 0.25) is 0 Å². The predicted molar refractivity (Wildman–Crippen MR) is 76.2 cm³/mol. The SMILES string of the molecule is CC1CCCN(CC(NC(C)C)(C(=O)O)C2CC2)C1. The number of nitrogens with one attached hydrogen (secondary N) is 1.